The summed E-state index contributed by atoms with van der Waals surface area (Å²) in [5.74, 6) is 0. The first kappa shape index (κ1) is 25.6. The van der Waals surface area contributed by atoms with Crippen LogP contribution in [0.5, 0.6) is 0 Å². The second-order valence-corrected chi connectivity index (χ2v) is 10.4. The van der Waals surface area contributed by atoms with Crippen LogP contribution in [0.15, 0.2) is 54.7 Å². The highest BCUT2D eigenvalue weighted by Gasteiger charge is 2.15. The number of aryl methyl sites for hydroxylation is 1. The van der Waals surface area contributed by atoms with Crippen LogP contribution in [0, 0.1) is 6.92 Å². The van der Waals surface area contributed by atoms with Crippen molar-refractivity contribution in [3.05, 3.63) is 71.4 Å². The lowest BCUT2D eigenvalue weighted by Gasteiger charge is -2.32. The topological polar surface area (TPSA) is 30.8 Å². The summed E-state index contributed by atoms with van der Waals surface area (Å²) in [5.41, 5.74) is 7.25. The van der Waals surface area contributed by atoms with Gasteiger partial charge >= 0.3 is 0 Å². The Morgan fingerprint density at radius 2 is 1.63 bits per heavy atom. The van der Waals surface area contributed by atoms with Crippen LogP contribution in [0.1, 0.15) is 23.1 Å². The Morgan fingerprint density at radius 1 is 0.886 bits per heavy atom. The molecule has 4 rings (SSSR count). The van der Waals surface area contributed by atoms with Gasteiger partial charge in [-0.25, -0.2) is 4.68 Å². The van der Waals surface area contributed by atoms with E-state index in [0.717, 1.165) is 63.7 Å². The summed E-state index contributed by atoms with van der Waals surface area (Å²) in [7, 11) is 8.67. The molecule has 0 saturated carbocycles. The number of aromatic nitrogens is 2. The fourth-order valence-electron chi connectivity index (χ4n) is 4.75. The van der Waals surface area contributed by atoms with Crippen LogP contribution < -0.4 is 0 Å². The van der Waals surface area contributed by atoms with Crippen molar-refractivity contribution in [2.45, 2.75) is 26.4 Å². The lowest BCUT2D eigenvalue weighted by molar-refractivity contribution is 0.148. The summed E-state index contributed by atoms with van der Waals surface area (Å²) in [6.07, 6.45) is 3.34. The molecular formula is C29H42N6. The molecule has 1 aliphatic rings. The first-order valence-electron chi connectivity index (χ1n) is 12.9. The molecule has 1 aromatic heterocycles. The molecule has 0 spiro atoms. The van der Waals surface area contributed by atoms with E-state index in [4.69, 9.17) is 5.10 Å². The molecule has 0 atom stereocenters. The summed E-state index contributed by atoms with van der Waals surface area (Å²) >= 11 is 0. The van der Waals surface area contributed by atoms with Gasteiger partial charge in [0.05, 0.1) is 11.4 Å². The van der Waals surface area contributed by atoms with Crippen molar-refractivity contribution in [3.8, 4) is 16.9 Å². The average molecular weight is 475 g/mol. The summed E-state index contributed by atoms with van der Waals surface area (Å²) in [6.45, 7) is 10.9. The Kier molecular flexibility index (Phi) is 8.74. The molecule has 35 heavy (non-hydrogen) atoms. The fourth-order valence-corrected chi connectivity index (χ4v) is 4.75. The Bertz CT molecular complexity index is 1060. The Labute approximate surface area is 211 Å². The quantitative estimate of drug-likeness (QED) is 0.444. The minimum absolute atomic E-state index is 0.973. The minimum Gasteiger partial charge on any atom is -0.309 e. The molecular weight excluding hydrogens is 432 g/mol. The van der Waals surface area contributed by atoms with Crippen LogP contribution in [0.4, 0.5) is 0 Å². The van der Waals surface area contributed by atoms with E-state index >= 15 is 0 Å². The third-order valence-electron chi connectivity index (χ3n) is 6.90. The van der Waals surface area contributed by atoms with Gasteiger partial charge in [0.15, 0.2) is 0 Å². The average Bonchev–Trinajstić information content (AvgIpc) is 3.23. The van der Waals surface area contributed by atoms with E-state index in [-0.39, 0.29) is 0 Å². The summed E-state index contributed by atoms with van der Waals surface area (Å²) in [6, 6.07) is 17.7. The molecule has 0 N–H and O–H groups in total. The van der Waals surface area contributed by atoms with Gasteiger partial charge in [-0.1, -0.05) is 36.4 Å². The van der Waals surface area contributed by atoms with E-state index in [9.17, 15) is 0 Å². The van der Waals surface area contributed by atoms with E-state index in [1.807, 2.05) is 4.68 Å². The lowest BCUT2D eigenvalue weighted by atomic mass is 10.1. The molecule has 0 amide bonds. The monoisotopic (exact) mass is 474 g/mol. The van der Waals surface area contributed by atoms with Gasteiger partial charge in [-0.2, -0.15) is 5.10 Å². The highest BCUT2D eigenvalue weighted by molar-refractivity contribution is 5.63. The van der Waals surface area contributed by atoms with Crippen LogP contribution in [-0.4, -0.2) is 96.8 Å². The molecule has 0 unspecified atom stereocenters. The van der Waals surface area contributed by atoms with Crippen molar-refractivity contribution in [2.24, 2.45) is 0 Å². The fraction of sp³-hybridized carbons (Fsp3) is 0.483. The maximum Gasteiger partial charge on any atom is 0.0956 e. The van der Waals surface area contributed by atoms with Gasteiger partial charge < -0.3 is 14.7 Å². The predicted octanol–water partition coefficient (Wildman–Crippen LogP) is 3.98. The highest BCUT2D eigenvalue weighted by atomic mass is 15.3. The van der Waals surface area contributed by atoms with Crippen molar-refractivity contribution >= 4 is 0 Å². The summed E-state index contributed by atoms with van der Waals surface area (Å²) < 4.78 is 2.03. The molecule has 0 radical (unpaired) electrons. The normalized spacial score (nSPS) is 15.4. The van der Waals surface area contributed by atoms with Gasteiger partial charge in [0.25, 0.3) is 0 Å². The summed E-state index contributed by atoms with van der Waals surface area (Å²) in [5, 5.41) is 4.98. The van der Waals surface area contributed by atoms with Crippen LogP contribution in [0.25, 0.3) is 16.9 Å². The Morgan fingerprint density at radius 3 is 2.34 bits per heavy atom. The van der Waals surface area contributed by atoms with Gasteiger partial charge in [-0.05, 0) is 83.4 Å². The minimum atomic E-state index is 0.973. The molecule has 6 heteroatoms. The smallest absolute Gasteiger partial charge is 0.0956 e. The van der Waals surface area contributed by atoms with Crippen molar-refractivity contribution < 1.29 is 0 Å². The largest absolute Gasteiger partial charge is 0.309 e. The van der Waals surface area contributed by atoms with E-state index in [2.05, 4.69) is 109 Å². The van der Waals surface area contributed by atoms with Crippen molar-refractivity contribution in [3.63, 3.8) is 0 Å². The number of likely N-dealkylation sites (N-methyl/N-ethyl adjacent to an activating group) is 1. The standard InChI is InChI=1S/C29H42N6/c1-24-21-35(28-9-6-8-26(20-28)23-34-18-16-32(4)17-19-34)30-29(24)27-12-10-25(11-13-27)22-33(5)15-7-14-31(2)3/h6,8-13,20-21H,7,14-19,22-23H2,1-5H3. The first-order valence-corrected chi connectivity index (χ1v) is 12.9. The van der Waals surface area contributed by atoms with Crippen LogP contribution in [0.2, 0.25) is 0 Å². The number of hydrogen-bond donors (Lipinski definition) is 0. The van der Waals surface area contributed by atoms with Crippen molar-refractivity contribution in [1.29, 1.82) is 0 Å². The van der Waals surface area contributed by atoms with Crippen LogP contribution in [0.3, 0.4) is 0 Å². The van der Waals surface area contributed by atoms with Gasteiger partial charge in [0, 0.05) is 51.0 Å². The van der Waals surface area contributed by atoms with Gasteiger partial charge in [0.2, 0.25) is 0 Å². The van der Waals surface area contributed by atoms with E-state index in [0.29, 0.717) is 0 Å². The Balaban J connectivity index is 1.40. The van der Waals surface area contributed by atoms with E-state index in [1.54, 1.807) is 0 Å². The number of benzene rings is 2. The lowest BCUT2D eigenvalue weighted by Crippen LogP contribution is -2.43. The number of rotatable bonds is 10. The second-order valence-electron chi connectivity index (χ2n) is 10.4. The predicted molar refractivity (Wildman–Crippen MR) is 146 cm³/mol. The van der Waals surface area contributed by atoms with Gasteiger partial charge in [-0.3, -0.25) is 4.90 Å². The molecule has 1 fully saturated rings. The third-order valence-corrected chi connectivity index (χ3v) is 6.90. The van der Waals surface area contributed by atoms with E-state index < -0.39 is 0 Å². The summed E-state index contributed by atoms with van der Waals surface area (Å²) in [4.78, 5) is 9.58. The first-order chi connectivity index (χ1) is 16.9. The van der Waals surface area contributed by atoms with Crippen molar-refractivity contribution in [2.75, 3.05) is 67.5 Å². The van der Waals surface area contributed by atoms with Gasteiger partial charge in [-0.15, -0.1) is 0 Å². The molecule has 0 aliphatic carbocycles. The molecule has 6 nitrogen and oxygen atoms in total. The molecule has 3 aromatic rings. The zero-order valence-electron chi connectivity index (χ0n) is 22.2. The molecule has 1 aliphatic heterocycles. The maximum absolute atomic E-state index is 4.98. The third kappa shape index (κ3) is 7.24. The van der Waals surface area contributed by atoms with Crippen molar-refractivity contribution in [1.82, 2.24) is 29.4 Å². The van der Waals surface area contributed by atoms with Gasteiger partial charge in [0.1, 0.15) is 0 Å². The molecule has 2 heterocycles. The van der Waals surface area contributed by atoms with Crippen LogP contribution >= 0.6 is 0 Å². The number of piperazine rings is 1. The number of hydrogen-bond acceptors (Lipinski definition) is 5. The molecule has 0 bridgehead atoms. The van der Waals surface area contributed by atoms with Crippen LogP contribution in [-0.2, 0) is 13.1 Å². The SMILES string of the molecule is Cc1cn(-c2cccc(CN3CCN(C)CC3)c2)nc1-c1ccc(CN(C)CCCN(C)C)cc1. The van der Waals surface area contributed by atoms with E-state index in [1.165, 1.54) is 28.7 Å². The Hall–Kier alpha value is -2.51. The molecule has 1 saturated heterocycles. The maximum atomic E-state index is 4.98. The zero-order chi connectivity index (χ0) is 24.8. The highest BCUT2D eigenvalue weighted by Crippen LogP contribution is 2.24. The second kappa shape index (κ2) is 12.0. The molecule has 188 valence electrons. The molecule has 2 aromatic carbocycles. The zero-order valence-corrected chi connectivity index (χ0v) is 22.2. The number of nitrogens with zero attached hydrogens (tertiary/aromatic N) is 6.